The van der Waals surface area contributed by atoms with Crippen LogP contribution in [0.5, 0.6) is 0 Å². The molecular formula is C13H24O2. The van der Waals surface area contributed by atoms with Crippen LogP contribution >= 0.6 is 0 Å². The molecule has 2 heteroatoms. The van der Waals surface area contributed by atoms with Crippen LogP contribution in [0.15, 0.2) is 11.6 Å². The van der Waals surface area contributed by atoms with E-state index in [4.69, 9.17) is 0 Å². The Balaban J connectivity index is 3.79. The van der Waals surface area contributed by atoms with E-state index in [-0.39, 0.29) is 11.9 Å². The fourth-order valence-corrected chi connectivity index (χ4v) is 1.60. The number of rotatable bonds is 7. The number of Topliss-reactive ketones (excluding diaryl/α,β-unsaturated/α-hetero) is 1. The molecule has 0 aromatic heterocycles. The summed E-state index contributed by atoms with van der Waals surface area (Å²) in [5.41, 5.74) is 1.18. The van der Waals surface area contributed by atoms with Crippen molar-refractivity contribution >= 4 is 5.78 Å². The molecule has 0 aromatic rings. The molecule has 1 unspecified atom stereocenters. The molecule has 0 fully saturated rings. The van der Waals surface area contributed by atoms with Crippen molar-refractivity contribution in [1.82, 2.24) is 0 Å². The van der Waals surface area contributed by atoms with Crippen molar-refractivity contribution in [3.63, 3.8) is 0 Å². The summed E-state index contributed by atoms with van der Waals surface area (Å²) in [6.07, 6.45) is 4.81. The van der Waals surface area contributed by atoms with Gasteiger partial charge >= 0.3 is 0 Å². The lowest BCUT2D eigenvalue weighted by atomic mass is 9.99. The highest BCUT2D eigenvalue weighted by Gasteiger charge is 2.07. The molecule has 88 valence electrons. The van der Waals surface area contributed by atoms with Crippen LogP contribution in [0, 0.1) is 5.92 Å². The molecule has 0 aliphatic heterocycles. The zero-order valence-electron chi connectivity index (χ0n) is 10.4. The van der Waals surface area contributed by atoms with Crippen LogP contribution in [0.1, 0.15) is 53.4 Å². The highest BCUT2D eigenvalue weighted by atomic mass is 16.3. The molecule has 0 saturated heterocycles. The predicted molar refractivity (Wildman–Crippen MR) is 63.8 cm³/mol. The maximum absolute atomic E-state index is 10.7. The number of allylic oxidation sites excluding steroid dienone is 1. The van der Waals surface area contributed by atoms with E-state index in [1.807, 2.05) is 6.92 Å². The fourth-order valence-electron chi connectivity index (χ4n) is 1.60. The van der Waals surface area contributed by atoms with Gasteiger partial charge in [0.1, 0.15) is 5.78 Å². The molecule has 1 N–H and O–H groups in total. The summed E-state index contributed by atoms with van der Waals surface area (Å²) in [6, 6.07) is 0. The number of aliphatic hydroxyl groups is 1. The molecule has 0 amide bonds. The molecule has 0 aromatic carbocycles. The second-order valence-corrected chi connectivity index (χ2v) is 4.78. The molecule has 0 bridgehead atoms. The van der Waals surface area contributed by atoms with Gasteiger partial charge in [0, 0.05) is 6.42 Å². The van der Waals surface area contributed by atoms with Gasteiger partial charge < -0.3 is 9.90 Å². The van der Waals surface area contributed by atoms with E-state index in [9.17, 15) is 9.90 Å². The second-order valence-electron chi connectivity index (χ2n) is 4.78. The number of hydrogen-bond donors (Lipinski definition) is 1. The molecule has 0 aliphatic rings. The summed E-state index contributed by atoms with van der Waals surface area (Å²) >= 11 is 0. The summed E-state index contributed by atoms with van der Waals surface area (Å²) in [4.78, 5) is 10.7. The van der Waals surface area contributed by atoms with Crippen LogP contribution < -0.4 is 0 Å². The molecule has 0 spiro atoms. The number of ketones is 1. The van der Waals surface area contributed by atoms with E-state index in [2.05, 4.69) is 19.9 Å². The van der Waals surface area contributed by atoms with Crippen molar-refractivity contribution in [1.29, 1.82) is 0 Å². The van der Waals surface area contributed by atoms with E-state index in [1.165, 1.54) is 5.57 Å². The standard InChI is InChI=1S/C13H24O2/c1-10(2)8-13(15)9-11(3)6-5-7-12(4)14/h6,10,13,15H,5,7-9H2,1-4H3/b11-6+. The van der Waals surface area contributed by atoms with Crippen LogP contribution in [0.25, 0.3) is 0 Å². The van der Waals surface area contributed by atoms with Gasteiger partial charge in [-0.15, -0.1) is 0 Å². The van der Waals surface area contributed by atoms with Gasteiger partial charge in [-0.1, -0.05) is 25.5 Å². The van der Waals surface area contributed by atoms with Gasteiger partial charge in [0.05, 0.1) is 6.10 Å². The van der Waals surface area contributed by atoms with Gasteiger partial charge in [0.15, 0.2) is 0 Å². The molecule has 0 rings (SSSR count). The molecule has 15 heavy (non-hydrogen) atoms. The summed E-state index contributed by atoms with van der Waals surface area (Å²) in [6.45, 7) is 7.84. The van der Waals surface area contributed by atoms with Crippen LogP contribution in [0.2, 0.25) is 0 Å². The summed E-state index contributed by atoms with van der Waals surface area (Å²) in [7, 11) is 0. The Kier molecular flexibility index (Phi) is 7.31. The Morgan fingerprint density at radius 2 is 1.93 bits per heavy atom. The zero-order chi connectivity index (χ0) is 11.8. The number of carbonyl (C=O) groups excluding carboxylic acids is 1. The molecule has 0 saturated carbocycles. The smallest absolute Gasteiger partial charge is 0.130 e. The quantitative estimate of drug-likeness (QED) is 0.658. The highest BCUT2D eigenvalue weighted by molar-refractivity contribution is 5.75. The second kappa shape index (κ2) is 7.63. The lowest BCUT2D eigenvalue weighted by molar-refractivity contribution is -0.116. The summed E-state index contributed by atoms with van der Waals surface area (Å²) in [5, 5.41) is 9.69. The maximum atomic E-state index is 10.7. The minimum Gasteiger partial charge on any atom is -0.393 e. The van der Waals surface area contributed by atoms with Gasteiger partial charge in [-0.3, -0.25) is 0 Å². The predicted octanol–water partition coefficient (Wildman–Crippen LogP) is 3.10. The van der Waals surface area contributed by atoms with E-state index in [0.29, 0.717) is 12.3 Å². The number of hydrogen-bond acceptors (Lipinski definition) is 2. The van der Waals surface area contributed by atoms with Crippen LogP contribution in [0.3, 0.4) is 0 Å². The van der Waals surface area contributed by atoms with Gasteiger partial charge in [-0.2, -0.15) is 0 Å². The van der Waals surface area contributed by atoms with Gasteiger partial charge in [0.25, 0.3) is 0 Å². The Morgan fingerprint density at radius 3 is 2.40 bits per heavy atom. The molecule has 0 aliphatic carbocycles. The minimum absolute atomic E-state index is 0.224. The molecule has 0 radical (unpaired) electrons. The first-order valence-corrected chi connectivity index (χ1v) is 5.75. The molecule has 0 heterocycles. The highest BCUT2D eigenvalue weighted by Crippen LogP contribution is 2.13. The summed E-state index contributed by atoms with van der Waals surface area (Å²) < 4.78 is 0. The van der Waals surface area contributed by atoms with E-state index in [0.717, 1.165) is 19.3 Å². The van der Waals surface area contributed by atoms with Crippen molar-refractivity contribution in [2.45, 2.75) is 59.5 Å². The third-order valence-corrected chi connectivity index (χ3v) is 2.29. The largest absolute Gasteiger partial charge is 0.393 e. The molecular weight excluding hydrogens is 188 g/mol. The van der Waals surface area contributed by atoms with Crippen molar-refractivity contribution in [2.24, 2.45) is 5.92 Å². The Morgan fingerprint density at radius 1 is 1.33 bits per heavy atom. The zero-order valence-corrected chi connectivity index (χ0v) is 10.4. The Hall–Kier alpha value is -0.630. The minimum atomic E-state index is -0.237. The van der Waals surface area contributed by atoms with E-state index in [1.54, 1.807) is 6.92 Å². The van der Waals surface area contributed by atoms with E-state index >= 15 is 0 Å². The lowest BCUT2D eigenvalue weighted by Gasteiger charge is -2.13. The fraction of sp³-hybridized carbons (Fsp3) is 0.769. The van der Waals surface area contributed by atoms with Crippen molar-refractivity contribution in [2.75, 3.05) is 0 Å². The molecule has 1 atom stereocenters. The SMILES string of the molecule is CC(=O)CC/C=C(\C)CC(O)CC(C)C. The van der Waals surface area contributed by atoms with Gasteiger partial charge in [-0.25, -0.2) is 0 Å². The molecule has 2 nitrogen and oxygen atoms in total. The monoisotopic (exact) mass is 212 g/mol. The first kappa shape index (κ1) is 14.4. The van der Waals surface area contributed by atoms with E-state index < -0.39 is 0 Å². The Labute approximate surface area is 93.4 Å². The number of carbonyl (C=O) groups is 1. The van der Waals surface area contributed by atoms with Crippen LogP contribution in [-0.2, 0) is 4.79 Å². The van der Waals surface area contributed by atoms with Crippen molar-refractivity contribution < 1.29 is 9.90 Å². The van der Waals surface area contributed by atoms with Gasteiger partial charge in [0.2, 0.25) is 0 Å². The van der Waals surface area contributed by atoms with Crippen molar-refractivity contribution in [3.05, 3.63) is 11.6 Å². The van der Waals surface area contributed by atoms with Crippen LogP contribution in [-0.4, -0.2) is 17.0 Å². The van der Waals surface area contributed by atoms with Crippen LogP contribution in [0.4, 0.5) is 0 Å². The third-order valence-electron chi connectivity index (χ3n) is 2.29. The topological polar surface area (TPSA) is 37.3 Å². The first-order chi connectivity index (χ1) is 6.91. The maximum Gasteiger partial charge on any atom is 0.130 e. The Bertz CT molecular complexity index is 217. The third kappa shape index (κ3) is 9.67. The number of aliphatic hydroxyl groups excluding tert-OH is 1. The average molecular weight is 212 g/mol. The van der Waals surface area contributed by atoms with Crippen molar-refractivity contribution in [3.8, 4) is 0 Å². The lowest BCUT2D eigenvalue weighted by Crippen LogP contribution is -2.10. The average Bonchev–Trinajstić information content (AvgIpc) is 2.00. The first-order valence-electron chi connectivity index (χ1n) is 5.75. The van der Waals surface area contributed by atoms with Gasteiger partial charge in [-0.05, 0) is 39.0 Å². The normalized spacial score (nSPS) is 14.4. The summed E-state index contributed by atoms with van der Waals surface area (Å²) in [5.74, 6) is 0.756.